The molecule has 0 heterocycles. The summed E-state index contributed by atoms with van der Waals surface area (Å²) in [4.78, 5) is 11.5. The molecule has 0 aromatic heterocycles. The van der Waals surface area contributed by atoms with Crippen molar-refractivity contribution in [3.05, 3.63) is 34.3 Å². The van der Waals surface area contributed by atoms with E-state index in [9.17, 15) is 4.79 Å². The second-order valence-corrected chi connectivity index (χ2v) is 3.46. The molecule has 0 radical (unpaired) electrons. The molecule has 0 amide bonds. The van der Waals surface area contributed by atoms with Gasteiger partial charge in [-0.3, -0.25) is 4.79 Å². The summed E-state index contributed by atoms with van der Waals surface area (Å²) in [5.74, 6) is 2.54. The number of halogens is 1. The molecule has 0 aliphatic heterocycles. The molecule has 66 valence electrons. The minimum Gasteiger partial charge on any atom is -0.294 e. The van der Waals surface area contributed by atoms with E-state index in [-0.39, 0.29) is 5.78 Å². The highest BCUT2D eigenvalue weighted by Gasteiger charge is 2.07. The number of carbonyl (C=O) groups is 1. The summed E-state index contributed by atoms with van der Waals surface area (Å²) in [6, 6.07) is 7.36. The number of Topliss-reactive ketones (excluding diaryl/α,β-unsaturated/α-hetero) is 1. The second kappa shape index (κ2) is 4.84. The van der Waals surface area contributed by atoms with Gasteiger partial charge in [0, 0.05) is 22.9 Å². The van der Waals surface area contributed by atoms with Gasteiger partial charge in [-0.2, -0.15) is 0 Å². The summed E-state index contributed by atoms with van der Waals surface area (Å²) in [6.07, 6.45) is 5.99. The first-order valence-electron chi connectivity index (χ1n) is 3.97. The van der Waals surface area contributed by atoms with Gasteiger partial charge < -0.3 is 0 Å². The molecule has 1 aromatic carbocycles. The normalized spacial score (nSPS) is 9.23. The predicted molar refractivity (Wildman–Crippen MR) is 56.5 cm³/mol. The fourth-order valence-corrected chi connectivity index (χ4v) is 1.51. The lowest BCUT2D eigenvalue weighted by Crippen LogP contribution is -1.98. The number of carbonyl (C=O) groups excluding carboxylic acids is 1. The van der Waals surface area contributed by atoms with Crippen LogP contribution in [-0.2, 0) is 0 Å². The standard InChI is InChI=1S/C11H9BrO/c1-2-3-8-11(13)9-6-4-5-7-10(9)12/h1,4-7H,3,8H2. The SMILES string of the molecule is C#CCCC(=O)c1ccccc1Br. The zero-order valence-corrected chi connectivity index (χ0v) is 8.67. The second-order valence-electron chi connectivity index (χ2n) is 2.61. The third-order valence-electron chi connectivity index (χ3n) is 1.67. The van der Waals surface area contributed by atoms with Gasteiger partial charge in [-0.25, -0.2) is 0 Å². The van der Waals surface area contributed by atoms with Crippen LogP contribution in [0.4, 0.5) is 0 Å². The molecule has 0 N–H and O–H groups in total. The van der Waals surface area contributed by atoms with E-state index in [0.29, 0.717) is 18.4 Å². The van der Waals surface area contributed by atoms with Gasteiger partial charge in [0.05, 0.1) is 0 Å². The molecule has 2 heteroatoms. The largest absolute Gasteiger partial charge is 0.294 e. The first kappa shape index (κ1) is 10.0. The van der Waals surface area contributed by atoms with Gasteiger partial charge in [0.15, 0.2) is 5.78 Å². The number of hydrogen-bond acceptors (Lipinski definition) is 1. The predicted octanol–water partition coefficient (Wildman–Crippen LogP) is 3.05. The Bertz CT molecular complexity index is 349. The van der Waals surface area contributed by atoms with E-state index >= 15 is 0 Å². The van der Waals surface area contributed by atoms with Gasteiger partial charge in [0.25, 0.3) is 0 Å². The molecule has 0 aliphatic carbocycles. The average molecular weight is 237 g/mol. The minimum atomic E-state index is 0.0884. The maximum atomic E-state index is 11.5. The maximum absolute atomic E-state index is 11.5. The van der Waals surface area contributed by atoms with E-state index in [2.05, 4.69) is 21.9 Å². The first-order chi connectivity index (χ1) is 6.25. The quantitative estimate of drug-likeness (QED) is 0.583. The fourth-order valence-electron chi connectivity index (χ4n) is 1.01. The van der Waals surface area contributed by atoms with Crippen LogP contribution < -0.4 is 0 Å². The van der Waals surface area contributed by atoms with E-state index in [1.54, 1.807) is 6.07 Å². The van der Waals surface area contributed by atoms with Crippen LogP contribution in [0.5, 0.6) is 0 Å². The number of ketones is 1. The number of terminal acetylenes is 1. The van der Waals surface area contributed by atoms with Crippen LogP contribution >= 0.6 is 15.9 Å². The van der Waals surface area contributed by atoms with Crippen LogP contribution in [0.1, 0.15) is 23.2 Å². The smallest absolute Gasteiger partial charge is 0.164 e. The van der Waals surface area contributed by atoms with Crippen molar-refractivity contribution in [2.24, 2.45) is 0 Å². The minimum absolute atomic E-state index is 0.0884. The first-order valence-corrected chi connectivity index (χ1v) is 4.76. The Labute approximate surface area is 86.3 Å². The summed E-state index contributed by atoms with van der Waals surface area (Å²) in [5, 5.41) is 0. The van der Waals surface area contributed by atoms with Crippen molar-refractivity contribution in [1.82, 2.24) is 0 Å². The van der Waals surface area contributed by atoms with Crippen LogP contribution in [0.15, 0.2) is 28.7 Å². The molecule has 0 bridgehead atoms. The van der Waals surface area contributed by atoms with Crippen LogP contribution in [-0.4, -0.2) is 5.78 Å². The molecular weight excluding hydrogens is 228 g/mol. The van der Waals surface area contributed by atoms with Crippen molar-refractivity contribution in [2.75, 3.05) is 0 Å². The Morgan fingerprint density at radius 2 is 2.15 bits per heavy atom. The number of benzene rings is 1. The Morgan fingerprint density at radius 3 is 2.77 bits per heavy atom. The van der Waals surface area contributed by atoms with Gasteiger partial charge in [-0.1, -0.05) is 34.1 Å². The van der Waals surface area contributed by atoms with Crippen molar-refractivity contribution in [2.45, 2.75) is 12.8 Å². The lowest BCUT2D eigenvalue weighted by Gasteiger charge is -2.00. The Balaban J connectivity index is 2.78. The van der Waals surface area contributed by atoms with Crippen LogP contribution in [0.2, 0.25) is 0 Å². The lowest BCUT2D eigenvalue weighted by molar-refractivity contribution is 0.0983. The molecule has 0 aliphatic rings. The van der Waals surface area contributed by atoms with Gasteiger partial charge in [-0.05, 0) is 6.07 Å². The van der Waals surface area contributed by atoms with Gasteiger partial charge in [0.2, 0.25) is 0 Å². The Kier molecular flexibility index (Phi) is 3.72. The molecule has 1 rings (SSSR count). The third-order valence-corrected chi connectivity index (χ3v) is 2.36. The summed E-state index contributed by atoms with van der Waals surface area (Å²) in [6.45, 7) is 0. The van der Waals surface area contributed by atoms with E-state index < -0.39 is 0 Å². The molecule has 13 heavy (non-hydrogen) atoms. The molecule has 1 aromatic rings. The molecular formula is C11H9BrO. The highest BCUT2D eigenvalue weighted by molar-refractivity contribution is 9.10. The summed E-state index contributed by atoms with van der Waals surface area (Å²) in [5.41, 5.74) is 0.706. The number of hydrogen-bond donors (Lipinski definition) is 0. The molecule has 0 unspecified atom stereocenters. The molecule has 1 nitrogen and oxygen atoms in total. The van der Waals surface area contributed by atoms with E-state index in [1.165, 1.54) is 0 Å². The monoisotopic (exact) mass is 236 g/mol. The van der Waals surface area contributed by atoms with Crippen molar-refractivity contribution < 1.29 is 4.79 Å². The van der Waals surface area contributed by atoms with E-state index in [1.807, 2.05) is 18.2 Å². The topological polar surface area (TPSA) is 17.1 Å². The highest BCUT2D eigenvalue weighted by Crippen LogP contribution is 2.17. The van der Waals surface area contributed by atoms with E-state index in [0.717, 1.165) is 4.47 Å². The Morgan fingerprint density at radius 1 is 1.46 bits per heavy atom. The fraction of sp³-hybridized carbons (Fsp3) is 0.182. The zero-order valence-electron chi connectivity index (χ0n) is 7.09. The van der Waals surface area contributed by atoms with Crippen LogP contribution in [0.25, 0.3) is 0 Å². The summed E-state index contributed by atoms with van der Waals surface area (Å²) in [7, 11) is 0. The molecule has 0 saturated carbocycles. The van der Waals surface area contributed by atoms with Crippen molar-refractivity contribution in [3.8, 4) is 12.3 Å². The highest BCUT2D eigenvalue weighted by atomic mass is 79.9. The van der Waals surface area contributed by atoms with Crippen LogP contribution in [0, 0.1) is 12.3 Å². The van der Waals surface area contributed by atoms with Gasteiger partial charge >= 0.3 is 0 Å². The van der Waals surface area contributed by atoms with Gasteiger partial charge in [-0.15, -0.1) is 12.3 Å². The maximum Gasteiger partial charge on any atom is 0.164 e. The molecule has 0 fully saturated rings. The number of rotatable bonds is 3. The average Bonchev–Trinajstić information content (AvgIpc) is 2.15. The van der Waals surface area contributed by atoms with Crippen molar-refractivity contribution in [1.29, 1.82) is 0 Å². The molecule has 0 saturated heterocycles. The summed E-state index contributed by atoms with van der Waals surface area (Å²) >= 11 is 3.32. The van der Waals surface area contributed by atoms with Gasteiger partial charge in [0.1, 0.15) is 0 Å². The zero-order chi connectivity index (χ0) is 9.68. The third kappa shape index (κ3) is 2.71. The Hall–Kier alpha value is -1.07. The van der Waals surface area contributed by atoms with Crippen molar-refractivity contribution >= 4 is 21.7 Å². The lowest BCUT2D eigenvalue weighted by atomic mass is 10.1. The van der Waals surface area contributed by atoms with E-state index in [4.69, 9.17) is 6.42 Å². The van der Waals surface area contributed by atoms with Crippen molar-refractivity contribution in [3.63, 3.8) is 0 Å². The molecule has 0 spiro atoms. The van der Waals surface area contributed by atoms with Crippen LogP contribution in [0.3, 0.4) is 0 Å². The molecule has 0 atom stereocenters. The summed E-state index contributed by atoms with van der Waals surface area (Å²) < 4.78 is 0.831.